The molecule has 0 atom stereocenters. The molecule has 1 aromatic carbocycles. The Morgan fingerprint density at radius 3 is 2.42 bits per heavy atom. The van der Waals surface area contributed by atoms with E-state index in [-0.39, 0.29) is 18.8 Å². The maximum atomic E-state index is 11.7. The molecule has 0 unspecified atom stereocenters. The molecule has 1 aromatic rings. The van der Waals surface area contributed by atoms with Gasteiger partial charge in [-0.3, -0.25) is 9.59 Å². The molecule has 1 rings (SSSR count). The zero-order chi connectivity index (χ0) is 19.4. The van der Waals surface area contributed by atoms with Crippen LogP contribution in [-0.4, -0.2) is 42.6 Å². The summed E-state index contributed by atoms with van der Waals surface area (Å²) in [7, 11) is 7.47. The average molecular weight is 398 g/mol. The van der Waals surface area contributed by atoms with Gasteiger partial charge < -0.3 is 14.7 Å². The molecule has 0 saturated carbocycles. The number of aliphatic carboxylic acids is 1. The predicted molar refractivity (Wildman–Crippen MR) is 109 cm³/mol. The van der Waals surface area contributed by atoms with E-state index < -0.39 is 5.97 Å². The second-order valence-electron chi connectivity index (χ2n) is 5.95. The first-order chi connectivity index (χ1) is 12.4. The van der Waals surface area contributed by atoms with Crippen LogP contribution >= 0.6 is 21.6 Å². The highest BCUT2D eigenvalue weighted by atomic mass is 33.1. The number of carbonyl (C=O) groups excluding carboxylic acids is 1. The molecule has 1 N–H and O–H groups in total. The van der Waals surface area contributed by atoms with Crippen LogP contribution in [0.4, 0.5) is 0 Å². The second kappa shape index (κ2) is 12.7. The van der Waals surface area contributed by atoms with Crippen LogP contribution in [0, 0.1) is 0 Å². The summed E-state index contributed by atoms with van der Waals surface area (Å²) in [6.07, 6.45) is 1.11. The zero-order valence-corrected chi connectivity index (χ0v) is 17.2. The molecule has 0 spiro atoms. The van der Waals surface area contributed by atoms with Gasteiger partial charge in [0.15, 0.2) is 0 Å². The molecule has 0 heterocycles. The average Bonchev–Trinajstić information content (AvgIpc) is 2.60. The first-order valence-corrected chi connectivity index (χ1v) is 10.8. The molecule has 0 bridgehead atoms. The fourth-order valence-corrected chi connectivity index (χ4v) is 4.61. The molecule has 7 heteroatoms. The van der Waals surface area contributed by atoms with E-state index in [0.29, 0.717) is 19.4 Å². The predicted octanol–water partition coefficient (Wildman–Crippen LogP) is 4.55. The quantitative estimate of drug-likeness (QED) is 0.410. The lowest BCUT2D eigenvalue weighted by Crippen LogP contribution is -2.12. The number of carboxylic acid groups (broad SMARTS) is 1. The molecule has 0 saturated heterocycles. The van der Waals surface area contributed by atoms with Gasteiger partial charge in [-0.05, 0) is 18.9 Å². The van der Waals surface area contributed by atoms with E-state index in [1.165, 1.54) is 10.5 Å². The first-order valence-electron chi connectivity index (χ1n) is 8.48. The van der Waals surface area contributed by atoms with Gasteiger partial charge in [-0.15, -0.1) is 0 Å². The van der Waals surface area contributed by atoms with Gasteiger partial charge in [-0.2, -0.15) is 0 Å². The van der Waals surface area contributed by atoms with E-state index in [1.54, 1.807) is 21.6 Å². The van der Waals surface area contributed by atoms with Crippen LogP contribution in [0.2, 0.25) is 0 Å². The molecule has 26 heavy (non-hydrogen) atoms. The molecule has 0 aliphatic heterocycles. The summed E-state index contributed by atoms with van der Waals surface area (Å²) in [5, 5.41) is 8.59. The molecular weight excluding hydrogens is 370 g/mol. The fraction of sp³-hybridized carbons (Fsp3) is 0.474. The molecule has 144 valence electrons. The Bertz CT molecular complexity index is 603. The normalized spacial score (nSPS) is 11.7. The van der Waals surface area contributed by atoms with E-state index in [9.17, 15) is 9.59 Å². The van der Waals surface area contributed by atoms with E-state index in [4.69, 9.17) is 9.84 Å². The summed E-state index contributed by atoms with van der Waals surface area (Å²) < 4.78 is 5.24. The van der Waals surface area contributed by atoms with Crippen molar-refractivity contribution in [1.82, 2.24) is 4.90 Å². The molecule has 0 radical (unpaired) electrons. The second-order valence-corrected chi connectivity index (χ2v) is 8.34. The molecule has 0 amide bonds. The summed E-state index contributed by atoms with van der Waals surface area (Å²) in [5.41, 5.74) is 2.43. The van der Waals surface area contributed by atoms with Crippen LogP contribution in [0.1, 0.15) is 38.2 Å². The Kier molecular flexibility index (Phi) is 11.0. The van der Waals surface area contributed by atoms with Crippen LogP contribution in [0.3, 0.4) is 0 Å². The number of esters is 1. The number of nitrogens with zero attached hydrogens (tertiary/aromatic N) is 1. The van der Waals surface area contributed by atoms with Crippen molar-refractivity contribution in [3.63, 3.8) is 0 Å². The van der Waals surface area contributed by atoms with Crippen LogP contribution in [-0.2, 0) is 20.1 Å². The third-order valence-electron chi connectivity index (χ3n) is 3.67. The zero-order valence-electron chi connectivity index (χ0n) is 15.6. The lowest BCUT2D eigenvalue weighted by molar-refractivity contribution is -0.143. The minimum atomic E-state index is -0.892. The van der Waals surface area contributed by atoms with E-state index in [2.05, 4.69) is 24.0 Å². The van der Waals surface area contributed by atoms with Gasteiger partial charge in [-0.25, -0.2) is 0 Å². The third kappa shape index (κ3) is 9.77. The van der Waals surface area contributed by atoms with Crippen molar-refractivity contribution in [2.75, 3.05) is 20.7 Å². The Morgan fingerprint density at radius 1 is 1.12 bits per heavy atom. The number of hydrogen-bond acceptors (Lipinski definition) is 6. The minimum Gasteiger partial charge on any atom is -0.481 e. The maximum Gasteiger partial charge on any atom is 0.305 e. The molecule has 0 aliphatic rings. The van der Waals surface area contributed by atoms with Crippen LogP contribution < -0.4 is 0 Å². The number of carboxylic acids is 1. The van der Waals surface area contributed by atoms with E-state index in [1.807, 2.05) is 32.3 Å². The number of rotatable bonds is 12. The number of allylic oxidation sites excluding steroid dienone is 1. The van der Waals surface area contributed by atoms with Crippen LogP contribution in [0.15, 0.2) is 40.9 Å². The monoisotopic (exact) mass is 397 g/mol. The maximum absolute atomic E-state index is 11.7. The summed E-state index contributed by atoms with van der Waals surface area (Å²) in [6.45, 7) is 2.37. The summed E-state index contributed by atoms with van der Waals surface area (Å²) in [5.74, 6) is -0.323. The lowest BCUT2D eigenvalue weighted by Gasteiger charge is -2.18. The van der Waals surface area contributed by atoms with Gasteiger partial charge in [0.05, 0.1) is 6.61 Å². The van der Waals surface area contributed by atoms with Crippen molar-refractivity contribution >= 4 is 33.5 Å². The standard InChI is InChI=1S/C19H27NO4S2/c1-15(20(2)3)17(26-25-14-16-8-5-4-6-9-16)12-13-24-19(23)11-7-10-18(21)22/h4-6,8-9H,7,10-14H2,1-3H3,(H,21,22)/b17-15-. The van der Waals surface area contributed by atoms with Gasteiger partial charge in [0, 0.05) is 49.7 Å². The smallest absolute Gasteiger partial charge is 0.305 e. The topological polar surface area (TPSA) is 66.8 Å². The molecule has 0 aliphatic carbocycles. The van der Waals surface area contributed by atoms with Gasteiger partial charge in [0.25, 0.3) is 0 Å². The van der Waals surface area contributed by atoms with Crippen molar-refractivity contribution in [3.8, 4) is 0 Å². The molecule has 0 aromatic heterocycles. The highest BCUT2D eigenvalue weighted by Gasteiger charge is 2.10. The number of carbonyl (C=O) groups is 2. The van der Waals surface area contributed by atoms with Crippen LogP contribution in [0.25, 0.3) is 0 Å². The highest BCUT2D eigenvalue weighted by Crippen LogP contribution is 2.37. The minimum absolute atomic E-state index is 0.00797. The van der Waals surface area contributed by atoms with Gasteiger partial charge in [0.1, 0.15) is 0 Å². The number of ether oxygens (including phenoxy) is 1. The summed E-state index contributed by atoms with van der Waals surface area (Å²) in [4.78, 5) is 25.3. The Morgan fingerprint density at radius 2 is 1.81 bits per heavy atom. The van der Waals surface area contributed by atoms with E-state index >= 15 is 0 Å². The Hall–Kier alpha value is -1.60. The lowest BCUT2D eigenvalue weighted by atomic mass is 10.2. The molecular formula is C19H27NO4S2. The van der Waals surface area contributed by atoms with Gasteiger partial charge in [0.2, 0.25) is 0 Å². The van der Waals surface area contributed by atoms with Gasteiger partial charge >= 0.3 is 11.9 Å². The third-order valence-corrected chi connectivity index (χ3v) is 6.25. The Balaban J connectivity index is 2.43. The van der Waals surface area contributed by atoms with Crippen molar-refractivity contribution < 1.29 is 19.4 Å². The Labute approximate surface area is 163 Å². The van der Waals surface area contributed by atoms with Crippen molar-refractivity contribution in [3.05, 3.63) is 46.5 Å². The van der Waals surface area contributed by atoms with Gasteiger partial charge in [-0.1, -0.05) is 51.9 Å². The van der Waals surface area contributed by atoms with Crippen LogP contribution in [0.5, 0.6) is 0 Å². The van der Waals surface area contributed by atoms with Crippen molar-refractivity contribution in [1.29, 1.82) is 0 Å². The summed E-state index contributed by atoms with van der Waals surface area (Å²) in [6, 6.07) is 10.3. The van der Waals surface area contributed by atoms with Crippen molar-refractivity contribution in [2.24, 2.45) is 0 Å². The fourth-order valence-electron chi connectivity index (χ4n) is 1.99. The molecule has 5 nitrogen and oxygen atoms in total. The highest BCUT2D eigenvalue weighted by molar-refractivity contribution is 8.77. The first kappa shape index (κ1) is 22.4. The number of hydrogen-bond donors (Lipinski definition) is 1. The van der Waals surface area contributed by atoms with Crippen molar-refractivity contribution in [2.45, 2.75) is 38.4 Å². The largest absolute Gasteiger partial charge is 0.481 e. The number of benzene rings is 1. The summed E-state index contributed by atoms with van der Waals surface area (Å²) >= 11 is 0. The SMILES string of the molecule is C/C(=C(\CCOC(=O)CCCC(=O)O)SSCc1ccccc1)N(C)C. The molecule has 0 fully saturated rings. The van der Waals surface area contributed by atoms with E-state index in [0.717, 1.165) is 11.4 Å².